The molecule has 2 atom stereocenters. The fraction of sp³-hybridized carbons (Fsp3) is 0.619. The number of allylic oxidation sites excluding steroid dienone is 4. The monoisotopic (exact) mass is 746 g/mol. The number of rotatable bonds is 10. The number of fused-ring (bicyclic) bond motifs is 8. The van der Waals surface area contributed by atoms with Crippen molar-refractivity contribution >= 4 is 11.1 Å². The molecular weight excluding hydrogens is 683 g/mol. The number of hydrogen-bond acceptors (Lipinski definition) is 0. The maximum absolute atomic E-state index is 3.30. The van der Waals surface area contributed by atoms with Crippen LogP contribution in [0.4, 0.5) is 0 Å². The molecule has 3 aliphatic rings. The molecule has 0 saturated carbocycles. The summed E-state index contributed by atoms with van der Waals surface area (Å²) in [7, 11) is 0. The van der Waals surface area contributed by atoms with Crippen LogP contribution in [0.15, 0.2) is 35.4 Å². The van der Waals surface area contributed by atoms with Crippen LogP contribution in [0, 0.1) is 0 Å². The average molecular weight is 745 g/mol. The van der Waals surface area contributed by atoms with Crippen LogP contribution in [-0.4, -0.2) is 0 Å². The topological polar surface area (TPSA) is 0 Å². The summed E-state index contributed by atoms with van der Waals surface area (Å²) in [5, 5.41) is 0. The van der Waals surface area contributed by atoms with E-state index >= 15 is 0 Å². The standard InChI is InChI=1S/C34H44.2C4H9.Hf/c1-19(2)25-15-27-13-23(9)29(33(27)31(17-25)21(5)6)11-12-30-24(10)14-28-16-26(20(3)4)18-32(22(7)8)34(28)30;2*1-3-4-2;/h13-22H,11-12H2,1-10H3;2*1,3-4H2,2H3;. The van der Waals surface area contributed by atoms with E-state index in [0.717, 1.165) is 7.35 Å². The van der Waals surface area contributed by atoms with E-state index in [1.807, 2.05) is 11.1 Å². The Labute approximate surface area is 270 Å². The molecular formula is C42H62Hf. The Hall–Kier alpha value is -1.21. The summed E-state index contributed by atoms with van der Waals surface area (Å²) in [4.78, 5) is 0. The molecule has 0 spiro atoms. The van der Waals surface area contributed by atoms with E-state index in [1.165, 1.54) is 38.5 Å². The van der Waals surface area contributed by atoms with Gasteiger partial charge < -0.3 is 0 Å². The molecule has 0 nitrogen and oxygen atoms in total. The second-order valence-electron chi connectivity index (χ2n) is 15.9. The van der Waals surface area contributed by atoms with Gasteiger partial charge in [-0.2, -0.15) is 0 Å². The van der Waals surface area contributed by atoms with Crippen LogP contribution in [0.2, 0.25) is 8.35 Å². The van der Waals surface area contributed by atoms with Gasteiger partial charge in [-0.05, 0) is 0 Å². The molecule has 0 aromatic heterocycles. The summed E-state index contributed by atoms with van der Waals surface area (Å²) in [5.74, 6) is 2.26. The molecule has 43 heavy (non-hydrogen) atoms. The van der Waals surface area contributed by atoms with Crippen LogP contribution in [0.1, 0.15) is 197 Å². The number of benzene rings is 2. The molecule has 1 heteroatoms. The molecule has 234 valence electrons. The van der Waals surface area contributed by atoms with Crippen molar-refractivity contribution in [1.29, 1.82) is 0 Å². The summed E-state index contributed by atoms with van der Waals surface area (Å²) in [5.41, 5.74) is 20.6. The van der Waals surface area contributed by atoms with E-state index in [4.69, 9.17) is 0 Å². The fourth-order valence-corrected chi connectivity index (χ4v) is 36.7. The molecule has 2 aromatic carbocycles. The van der Waals surface area contributed by atoms with Gasteiger partial charge in [-0.3, -0.25) is 0 Å². The molecule has 2 unspecified atom stereocenters. The van der Waals surface area contributed by atoms with Gasteiger partial charge in [0.05, 0.1) is 0 Å². The molecule has 0 radical (unpaired) electrons. The molecule has 2 aliphatic carbocycles. The van der Waals surface area contributed by atoms with Crippen LogP contribution in [0.25, 0.3) is 11.1 Å². The molecule has 2 aromatic rings. The van der Waals surface area contributed by atoms with Gasteiger partial charge in [0.25, 0.3) is 0 Å². The Morgan fingerprint density at radius 1 is 0.581 bits per heavy atom. The summed E-state index contributed by atoms with van der Waals surface area (Å²) in [6.07, 6.45) is 7.90. The molecule has 0 fully saturated rings. The molecule has 5 rings (SSSR count). The minimum absolute atomic E-state index is 0.560. The first-order valence-electron chi connectivity index (χ1n) is 18.1. The third-order valence-corrected chi connectivity index (χ3v) is 34.7. The zero-order valence-corrected chi connectivity index (χ0v) is 33.5. The van der Waals surface area contributed by atoms with Crippen molar-refractivity contribution in [3.8, 4) is 0 Å². The Kier molecular flexibility index (Phi) is 9.94. The summed E-state index contributed by atoms with van der Waals surface area (Å²) in [6, 6.07) is 10.7. The Balaban J connectivity index is 1.91. The normalized spacial score (nSPS) is 20.8. The zero-order valence-electron chi connectivity index (χ0n) is 29.9. The summed E-state index contributed by atoms with van der Waals surface area (Å²) >= 11 is -3.30. The first-order valence-corrected chi connectivity index (χ1v) is 27.4. The van der Waals surface area contributed by atoms with E-state index in [-0.39, 0.29) is 0 Å². The van der Waals surface area contributed by atoms with E-state index in [0.29, 0.717) is 23.7 Å². The minimum atomic E-state index is -3.30. The molecule has 0 saturated heterocycles. The molecule has 1 aliphatic heterocycles. The Bertz CT molecular complexity index is 1320. The van der Waals surface area contributed by atoms with Crippen molar-refractivity contribution < 1.29 is 20.0 Å². The van der Waals surface area contributed by atoms with E-state index in [1.54, 1.807) is 64.0 Å². The predicted molar refractivity (Wildman–Crippen MR) is 189 cm³/mol. The van der Waals surface area contributed by atoms with Crippen molar-refractivity contribution in [3.05, 3.63) is 79.9 Å². The Morgan fingerprint density at radius 2 is 0.953 bits per heavy atom. The Morgan fingerprint density at radius 3 is 1.26 bits per heavy atom. The second kappa shape index (κ2) is 12.9. The van der Waals surface area contributed by atoms with Crippen LogP contribution >= 0.6 is 0 Å². The molecule has 4 bridgehead atoms. The average Bonchev–Trinajstić information content (AvgIpc) is 3.41. The number of hydrogen-bond donors (Lipinski definition) is 0. The SMILES string of the molecule is CCC[CH2][Hf]1([CH2]CCC)[CH]2C(C)=C(CCC3=C(C)[CH]1c1cc(C(C)C)cc(C(C)C)c13)c1c(C(C)C)cc(C(C)C)cc12. The van der Waals surface area contributed by atoms with Gasteiger partial charge in [-0.25, -0.2) is 0 Å². The van der Waals surface area contributed by atoms with E-state index in [2.05, 4.69) is 107 Å². The summed E-state index contributed by atoms with van der Waals surface area (Å²) < 4.78 is 4.53. The summed E-state index contributed by atoms with van der Waals surface area (Å²) in [6.45, 7) is 29.6. The van der Waals surface area contributed by atoms with Crippen LogP contribution in [-0.2, 0) is 20.0 Å². The van der Waals surface area contributed by atoms with Gasteiger partial charge >= 0.3 is 272 Å². The van der Waals surface area contributed by atoms with Gasteiger partial charge in [0.15, 0.2) is 0 Å². The van der Waals surface area contributed by atoms with Gasteiger partial charge in [0.1, 0.15) is 0 Å². The third kappa shape index (κ3) is 5.48. The fourth-order valence-electron chi connectivity index (χ4n) is 9.62. The van der Waals surface area contributed by atoms with Gasteiger partial charge in [-0.15, -0.1) is 0 Å². The molecule has 0 N–H and O–H groups in total. The van der Waals surface area contributed by atoms with E-state index < -0.39 is 20.0 Å². The van der Waals surface area contributed by atoms with Gasteiger partial charge in [-0.1, -0.05) is 0 Å². The quantitative estimate of drug-likeness (QED) is 0.213. The molecule has 1 heterocycles. The van der Waals surface area contributed by atoms with Gasteiger partial charge in [0, 0.05) is 0 Å². The van der Waals surface area contributed by atoms with Crippen molar-refractivity contribution in [2.24, 2.45) is 0 Å². The van der Waals surface area contributed by atoms with Crippen molar-refractivity contribution in [2.45, 2.75) is 161 Å². The number of unbranched alkanes of at least 4 members (excludes halogenated alkanes) is 2. The third-order valence-electron chi connectivity index (χ3n) is 11.8. The maximum atomic E-state index is 2.75. The van der Waals surface area contributed by atoms with Crippen LogP contribution in [0.3, 0.4) is 0 Å². The van der Waals surface area contributed by atoms with Crippen LogP contribution < -0.4 is 0 Å². The molecule has 0 amide bonds. The zero-order chi connectivity index (χ0) is 31.4. The first-order chi connectivity index (χ1) is 20.4. The second-order valence-corrected chi connectivity index (χ2v) is 32.5. The van der Waals surface area contributed by atoms with Crippen molar-refractivity contribution in [2.75, 3.05) is 0 Å². The predicted octanol–water partition coefficient (Wildman–Crippen LogP) is 13.9. The first kappa shape index (κ1) is 33.2. The van der Waals surface area contributed by atoms with Crippen molar-refractivity contribution in [1.82, 2.24) is 0 Å². The van der Waals surface area contributed by atoms with Gasteiger partial charge in [0.2, 0.25) is 0 Å². The van der Waals surface area contributed by atoms with Crippen LogP contribution in [0.5, 0.6) is 0 Å². The van der Waals surface area contributed by atoms with Crippen molar-refractivity contribution in [3.63, 3.8) is 0 Å². The van der Waals surface area contributed by atoms with E-state index in [9.17, 15) is 0 Å².